The van der Waals surface area contributed by atoms with Gasteiger partial charge in [-0.25, -0.2) is 4.79 Å². The molecule has 2 atom stereocenters. The van der Waals surface area contributed by atoms with E-state index in [9.17, 15) is 14.4 Å². The maximum atomic E-state index is 13.4. The van der Waals surface area contributed by atoms with E-state index < -0.39 is 11.2 Å². The lowest BCUT2D eigenvalue weighted by molar-refractivity contribution is -0.119. The fraction of sp³-hybridized carbons (Fsp3) is 0.522. The Morgan fingerprint density at radius 3 is 2.60 bits per heavy atom. The van der Waals surface area contributed by atoms with Crippen molar-refractivity contribution in [3.05, 3.63) is 56.7 Å². The van der Waals surface area contributed by atoms with Gasteiger partial charge in [-0.05, 0) is 36.7 Å². The molecule has 1 amide bonds. The molecule has 0 aliphatic heterocycles. The van der Waals surface area contributed by atoms with Crippen LogP contribution in [0.1, 0.15) is 57.9 Å². The highest BCUT2D eigenvalue weighted by Gasteiger charge is 2.46. The summed E-state index contributed by atoms with van der Waals surface area (Å²) >= 11 is 0. The molecular formula is C23H32N4O3. The van der Waals surface area contributed by atoms with Gasteiger partial charge < -0.3 is 10.6 Å². The van der Waals surface area contributed by atoms with Crippen molar-refractivity contribution >= 4 is 17.4 Å². The molecule has 2 unspecified atom stereocenters. The summed E-state index contributed by atoms with van der Waals surface area (Å²) in [7, 11) is 0. The molecule has 0 saturated heterocycles. The molecule has 0 bridgehead atoms. The number of hydrogen-bond acceptors (Lipinski definition) is 4. The maximum Gasteiger partial charge on any atom is 0.330 e. The molecule has 0 radical (unpaired) electrons. The Kier molecular flexibility index (Phi) is 6.80. The third kappa shape index (κ3) is 4.66. The highest BCUT2D eigenvalue weighted by molar-refractivity contribution is 5.99. The molecule has 1 aromatic carbocycles. The lowest BCUT2D eigenvalue weighted by Gasteiger charge is -2.25. The van der Waals surface area contributed by atoms with Crippen LogP contribution >= 0.6 is 0 Å². The standard InChI is InChI=1S/C23H32N4O3/c1-4-5-12-27-20(24)19(21(28)25-23(27)30)26(13-11-15(2)3)22(29)18-14-17(18)16-9-7-6-8-10-16/h6-10,15,17-18H,4-5,11-14,24H2,1-3H3,(H,25,28,30). The minimum Gasteiger partial charge on any atom is -0.383 e. The van der Waals surface area contributed by atoms with Gasteiger partial charge in [-0.2, -0.15) is 0 Å². The molecule has 2 aromatic rings. The summed E-state index contributed by atoms with van der Waals surface area (Å²) in [6.07, 6.45) is 3.14. The van der Waals surface area contributed by atoms with Crippen LogP contribution in [-0.4, -0.2) is 22.0 Å². The SMILES string of the molecule is CCCCn1c(N)c(N(CCC(C)C)C(=O)C2CC2c2ccccc2)c(=O)[nH]c1=O. The van der Waals surface area contributed by atoms with Crippen molar-refractivity contribution in [3.63, 3.8) is 0 Å². The van der Waals surface area contributed by atoms with Gasteiger partial charge in [0.2, 0.25) is 5.91 Å². The number of amides is 1. The first kappa shape index (κ1) is 21.9. The first-order chi connectivity index (χ1) is 14.3. The van der Waals surface area contributed by atoms with E-state index in [0.717, 1.165) is 31.2 Å². The van der Waals surface area contributed by atoms with Gasteiger partial charge in [0, 0.05) is 19.0 Å². The summed E-state index contributed by atoms with van der Waals surface area (Å²) in [5.41, 5.74) is 6.40. The van der Waals surface area contributed by atoms with Crippen molar-refractivity contribution in [2.45, 2.75) is 58.9 Å². The van der Waals surface area contributed by atoms with Crippen LogP contribution in [0.5, 0.6) is 0 Å². The fourth-order valence-corrected chi connectivity index (χ4v) is 3.83. The van der Waals surface area contributed by atoms with Crippen molar-refractivity contribution in [1.29, 1.82) is 0 Å². The third-order valence-corrected chi connectivity index (χ3v) is 5.75. The molecule has 0 spiro atoms. The molecular weight excluding hydrogens is 380 g/mol. The van der Waals surface area contributed by atoms with Crippen molar-refractivity contribution in [1.82, 2.24) is 9.55 Å². The summed E-state index contributed by atoms with van der Waals surface area (Å²) in [6.45, 7) is 6.97. The summed E-state index contributed by atoms with van der Waals surface area (Å²) in [6, 6.07) is 9.96. The van der Waals surface area contributed by atoms with Gasteiger partial charge in [-0.3, -0.25) is 19.1 Å². The number of carbonyl (C=O) groups is 1. The Bertz CT molecular complexity index is 994. The van der Waals surface area contributed by atoms with Gasteiger partial charge >= 0.3 is 5.69 Å². The van der Waals surface area contributed by atoms with Gasteiger partial charge in [-0.1, -0.05) is 57.5 Å². The van der Waals surface area contributed by atoms with Gasteiger partial charge in [0.1, 0.15) is 5.82 Å². The molecule has 30 heavy (non-hydrogen) atoms. The van der Waals surface area contributed by atoms with Crippen LogP contribution in [0.4, 0.5) is 11.5 Å². The Morgan fingerprint density at radius 1 is 1.27 bits per heavy atom. The summed E-state index contributed by atoms with van der Waals surface area (Å²) < 4.78 is 1.37. The van der Waals surface area contributed by atoms with Crippen molar-refractivity contribution < 1.29 is 4.79 Å². The maximum absolute atomic E-state index is 13.4. The first-order valence-electron chi connectivity index (χ1n) is 10.8. The van der Waals surface area contributed by atoms with Crippen LogP contribution in [-0.2, 0) is 11.3 Å². The lowest BCUT2D eigenvalue weighted by Crippen LogP contribution is -2.42. The smallest absolute Gasteiger partial charge is 0.330 e. The van der Waals surface area contributed by atoms with Crippen LogP contribution < -0.4 is 21.9 Å². The van der Waals surface area contributed by atoms with Crippen molar-refractivity contribution in [3.8, 4) is 0 Å². The average Bonchev–Trinajstić information content (AvgIpc) is 3.51. The molecule has 1 heterocycles. The normalized spacial score (nSPS) is 17.9. The van der Waals surface area contributed by atoms with E-state index in [2.05, 4.69) is 18.8 Å². The number of benzene rings is 1. The number of H-pyrrole nitrogens is 1. The highest BCUT2D eigenvalue weighted by atomic mass is 16.2. The second-order valence-electron chi connectivity index (χ2n) is 8.53. The molecule has 1 saturated carbocycles. The van der Waals surface area contributed by atoms with Gasteiger partial charge in [-0.15, -0.1) is 0 Å². The molecule has 3 rings (SSSR count). The predicted molar refractivity (Wildman–Crippen MR) is 120 cm³/mol. The largest absolute Gasteiger partial charge is 0.383 e. The second kappa shape index (κ2) is 9.32. The molecule has 162 valence electrons. The van der Waals surface area contributed by atoms with E-state index in [1.807, 2.05) is 37.3 Å². The summed E-state index contributed by atoms with van der Waals surface area (Å²) in [5, 5.41) is 0. The van der Waals surface area contributed by atoms with Gasteiger partial charge in [0.15, 0.2) is 5.69 Å². The fourth-order valence-electron chi connectivity index (χ4n) is 3.83. The van der Waals surface area contributed by atoms with Crippen LogP contribution in [0.2, 0.25) is 0 Å². The van der Waals surface area contributed by atoms with E-state index in [-0.39, 0.29) is 29.2 Å². The number of unbranched alkanes of at least 4 members (excludes halogenated alkanes) is 1. The number of rotatable bonds is 9. The molecule has 1 aliphatic carbocycles. The Morgan fingerprint density at radius 2 is 1.97 bits per heavy atom. The van der Waals surface area contributed by atoms with Crippen LogP contribution in [0, 0.1) is 11.8 Å². The van der Waals surface area contributed by atoms with Gasteiger partial charge in [0.25, 0.3) is 5.56 Å². The minimum absolute atomic E-state index is 0.0752. The number of carbonyl (C=O) groups excluding carboxylic acids is 1. The number of hydrogen-bond donors (Lipinski definition) is 2. The Hall–Kier alpha value is -2.83. The van der Waals surface area contributed by atoms with Crippen molar-refractivity contribution in [2.75, 3.05) is 17.2 Å². The lowest BCUT2D eigenvalue weighted by atomic mass is 10.1. The highest BCUT2D eigenvalue weighted by Crippen LogP contribution is 2.48. The Balaban J connectivity index is 1.95. The predicted octanol–water partition coefficient (Wildman–Crippen LogP) is 3.10. The molecule has 1 fully saturated rings. The van der Waals surface area contributed by atoms with Crippen LogP contribution in [0.3, 0.4) is 0 Å². The zero-order valence-electron chi connectivity index (χ0n) is 18.1. The average molecular weight is 413 g/mol. The van der Waals surface area contributed by atoms with E-state index in [4.69, 9.17) is 5.73 Å². The van der Waals surface area contributed by atoms with E-state index in [1.165, 1.54) is 9.47 Å². The number of nitrogen functional groups attached to an aromatic ring is 1. The van der Waals surface area contributed by atoms with Crippen molar-refractivity contribution in [2.24, 2.45) is 11.8 Å². The molecule has 7 heteroatoms. The summed E-state index contributed by atoms with van der Waals surface area (Å²) in [5.74, 6) is 0.324. The molecule has 7 nitrogen and oxygen atoms in total. The quantitative estimate of drug-likeness (QED) is 0.661. The monoisotopic (exact) mass is 412 g/mol. The van der Waals surface area contributed by atoms with E-state index in [0.29, 0.717) is 19.0 Å². The minimum atomic E-state index is -0.598. The third-order valence-electron chi connectivity index (χ3n) is 5.75. The number of nitrogens with one attached hydrogen (secondary N) is 1. The molecule has 1 aromatic heterocycles. The molecule has 1 aliphatic rings. The Labute approximate surface area is 176 Å². The van der Waals surface area contributed by atoms with Gasteiger partial charge in [0.05, 0.1) is 0 Å². The zero-order chi connectivity index (χ0) is 21.8. The number of aromatic amines is 1. The van der Waals surface area contributed by atoms with E-state index in [1.54, 1.807) is 0 Å². The first-order valence-corrected chi connectivity index (χ1v) is 10.8. The number of nitrogens with two attached hydrogens (primary N) is 1. The van der Waals surface area contributed by atoms with E-state index >= 15 is 0 Å². The second-order valence-corrected chi connectivity index (χ2v) is 8.53. The molecule has 3 N–H and O–H groups in total. The number of nitrogens with zero attached hydrogens (tertiary/aromatic N) is 2. The number of aromatic nitrogens is 2. The zero-order valence-corrected chi connectivity index (χ0v) is 18.1. The summed E-state index contributed by atoms with van der Waals surface area (Å²) in [4.78, 5) is 42.3. The topological polar surface area (TPSA) is 101 Å². The number of anilines is 2. The van der Waals surface area contributed by atoms with Crippen LogP contribution in [0.25, 0.3) is 0 Å². The van der Waals surface area contributed by atoms with Crippen LogP contribution in [0.15, 0.2) is 39.9 Å².